The Bertz CT molecular complexity index is 586. The average Bonchev–Trinajstić information content (AvgIpc) is 2.48. The van der Waals surface area contributed by atoms with Gasteiger partial charge in [-0.3, -0.25) is 0 Å². The highest BCUT2D eigenvalue weighted by Crippen LogP contribution is 2.32. The van der Waals surface area contributed by atoms with E-state index >= 15 is 0 Å². The summed E-state index contributed by atoms with van der Waals surface area (Å²) >= 11 is 6.17. The fraction of sp³-hybridized carbons (Fsp3) is 0.250. The van der Waals surface area contributed by atoms with Crippen LogP contribution in [-0.4, -0.2) is 14.2 Å². The molecule has 0 fully saturated rings. The molecule has 2 aromatic rings. The van der Waals surface area contributed by atoms with Crippen LogP contribution >= 0.6 is 11.6 Å². The van der Waals surface area contributed by atoms with E-state index in [0.717, 1.165) is 22.7 Å². The summed E-state index contributed by atoms with van der Waals surface area (Å²) in [5, 5.41) is 4.08. The number of hydrogen-bond donors (Lipinski definition) is 1. The van der Waals surface area contributed by atoms with Crippen LogP contribution in [-0.2, 0) is 0 Å². The van der Waals surface area contributed by atoms with Gasteiger partial charge in [0.1, 0.15) is 11.5 Å². The fourth-order valence-corrected chi connectivity index (χ4v) is 2.26. The molecule has 0 spiro atoms. The average molecular weight is 292 g/mol. The molecule has 0 aliphatic carbocycles. The highest BCUT2D eigenvalue weighted by Gasteiger charge is 2.13. The SMILES string of the molecule is COc1ccc(OC)c(C(C)Nc2ccccc2Cl)c1. The number of para-hydroxylation sites is 1. The number of hydrogen-bond acceptors (Lipinski definition) is 3. The van der Waals surface area contributed by atoms with Crippen molar-refractivity contribution in [3.63, 3.8) is 0 Å². The van der Waals surface area contributed by atoms with Gasteiger partial charge in [-0.05, 0) is 37.3 Å². The first-order valence-electron chi connectivity index (χ1n) is 6.38. The maximum Gasteiger partial charge on any atom is 0.124 e. The Hall–Kier alpha value is -1.87. The number of halogens is 1. The summed E-state index contributed by atoms with van der Waals surface area (Å²) in [5.41, 5.74) is 1.92. The third-order valence-corrected chi connectivity index (χ3v) is 3.48. The maximum absolute atomic E-state index is 6.17. The quantitative estimate of drug-likeness (QED) is 0.878. The van der Waals surface area contributed by atoms with Crippen molar-refractivity contribution in [2.24, 2.45) is 0 Å². The van der Waals surface area contributed by atoms with Crippen LogP contribution in [0.1, 0.15) is 18.5 Å². The molecule has 0 saturated carbocycles. The van der Waals surface area contributed by atoms with Crippen LogP contribution in [0.5, 0.6) is 11.5 Å². The van der Waals surface area contributed by atoms with Crippen LogP contribution in [0.2, 0.25) is 5.02 Å². The lowest BCUT2D eigenvalue weighted by atomic mass is 10.1. The van der Waals surface area contributed by atoms with Crippen LogP contribution in [0.4, 0.5) is 5.69 Å². The Morgan fingerprint density at radius 3 is 2.45 bits per heavy atom. The highest BCUT2D eigenvalue weighted by molar-refractivity contribution is 6.33. The molecule has 2 aromatic carbocycles. The number of nitrogens with one attached hydrogen (secondary N) is 1. The largest absolute Gasteiger partial charge is 0.497 e. The smallest absolute Gasteiger partial charge is 0.124 e. The van der Waals surface area contributed by atoms with Gasteiger partial charge in [0.2, 0.25) is 0 Å². The predicted octanol–water partition coefficient (Wildman–Crippen LogP) is 4.53. The summed E-state index contributed by atoms with van der Waals surface area (Å²) < 4.78 is 10.7. The van der Waals surface area contributed by atoms with Gasteiger partial charge in [-0.15, -0.1) is 0 Å². The summed E-state index contributed by atoms with van der Waals surface area (Å²) in [6.45, 7) is 2.06. The van der Waals surface area contributed by atoms with Crippen LogP contribution in [0.15, 0.2) is 42.5 Å². The second-order valence-electron chi connectivity index (χ2n) is 4.45. The summed E-state index contributed by atoms with van der Waals surface area (Å²) in [5.74, 6) is 1.62. The van der Waals surface area contributed by atoms with Gasteiger partial charge in [0.25, 0.3) is 0 Å². The monoisotopic (exact) mass is 291 g/mol. The van der Waals surface area contributed by atoms with Gasteiger partial charge in [0.05, 0.1) is 31.0 Å². The molecule has 1 atom stereocenters. The van der Waals surface area contributed by atoms with Gasteiger partial charge >= 0.3 is 0 Å². The van der Waals surface area contributed by atoms with Crippen molar-refractivity contribution in [3.8, 4) is 11.5 Å². The van der Waals surface area contributed by atoms with Crippen LogP contribution < -0.4 is 14.8 Å². The Morgan fingerprint density at radius 1 is 1.05 bits per heavy atom. The summed E-state index contributed by atoms with van der Waals surface area (Å²) in [7, 11) is 3.31. The van der Waals surface area contributed by atoms with Crippen molar-refractivity contribution in [1.29, 1.82) is 0 Å². The van der Waals surface area contributed by atoms with E-state index in [-0.39, 0.29) is 6.04 Å². The Kier molecular flexibility index (Phi) is 4.74. The van der Waals surface area contributed by atoms with Crippen molar-refractivity contribution in [2.75, 3.05) is 19.5 Å². The van der Waals surface area contributed by atoms with E-state index in [4.69, 9.17) is 21.1 Å². The van der Waals surface area contributed by atoms with Crippen LogP contribution in [0.3, 0.4) is 0 Å². The lowest BCUT2D eigenvalue weighted by Crippen LogP contribution is -2.08. The normalized spacial score (nSPS) is 11.8. The Labute approximate surface area is 124 Å². The molecule has 0 amide bonds. The standard InChI is InChI=1S/C16H18ClNO2/c1-11(18-15-7-5-4-6-14(15)17)13-10-12(19-2)8-9-16(13)20-3/h4-11,18H,1-3H3. The van der Waals surface area contributed by atoms with E-state index in [1.54, 1.807) is 14.2 Å². The minimum atomic E-state index is 0.0416. The van der Waals surface area contributed by atoms with E-state index < -0.39 is 0 Å². The molecule has 106 valence electrons. The van der Waals surface area contributed by atoms with Crippen molar-refractivity contribution >= 4 is 17.3 Å². The molecule has 0 heterocycles. The van der Waals surface area contributed by atoms with Gasteiger partial charge in [0.15, 0.2) is 0 Å². The molecule has 2 rings (SSSR count). The first kappa shape index (κ1) is 14.5. The molecule has 0 saturated heterocycles. The lowest BCUT2D eigenvalue weighted by Gasteiger charge is -2.19. The number of ether oxygens (including phenoxy) is 2. The summed E-state index contributed by atoms with van der Waals surface area (Å²) in [6, 6.07) is 13.5. The van der Waals surface area contributed by atoms with Crippen molar-refractivity contribution < 1.29 is 9.47 Å². The third-order valence-electron chi connectivity index (χ3n) is 3.15. The first-order valence-corrected chi connectivity index (χ1v) is 6.76. The minimum Gasteiger partial charge on any atom is -0.497 e. The number of anilines is 1. The molecule has 0 radical (unpaired) electrons. The second kappa shape index (κ2) is 6.53. The van der Waals surface area contributed by atoms with Gasteiger partial charge < -0.3 is 14.8 Å². The fourth-order valence-electron chi connectivity index (χ4n) is 2.07. The molecule has 4 heteroatoms. The van der Waals surface area contributed by atoms with Gasteiger partial charge in [-0.25, -0.2) is 0 Å². The molecular weight excluding hydrogens is 274 g/mol. The lowest BCUT2D eigenvalue weighted by molar-refractivity contribution is 0.397. The molecule has 1 N–H and O–H groups in total. The van der Waals surface area contributed by atoms with Gasteiger partial charge in [-0.1, -0.05) is 23.7 Å². The maximum atomic E-state index is 6.17. The number of rotatable bonds is 5. The zero-order valence-corrected chi connectivity index (χ0v) is 12.6. The number of benzene rings is 2. The minimum absolute atomic E-state index is 0.0416. The summed E-state index contributed by atoms with van der Waals surface area (Å²) in [4.78, 5) is 0. The van der Waals surface area contributed by atoms with E-state index in [0.29, 0.717) is 5.02 Å². The first-order chi connectivity index (χ1) is 9.65. The topological polar surface area (TPSA) is 30.5 Å². The molecule has 0 bridgehead atoms. The molecule has 1 unspecified atom stereocenters. The van der Waals surface area contributed by atoms with E-state index in [2.05, 4.69) is 12.2 Å². The van der Waals surface area contributed by atoms with Crippen molar-refractivity contribution in [3.05, 3.63) is 53.1 Å². The Morgan fingerprint density at radius 2 is 1.80 bits per heavy atom. The Balaban J connectivity index is 2.28. The number of methoxy groups -OCH3 is 2. The van der Waals surface area contributed by atoms with Crippen LogP contribution in [0.25, 0.3) is 0 Å². The molecule has 3 nitrogen and oxygen atoms in total. The van der Waals surface area contributed by atoms with Crippen LogP contribution in [0, 0.1) is 0 Å². The van der Waals surface area contributed by atoms with Gasteiger partial charge in [-0.2, -0.15) is 0 Å². The van der Waals surface area contributed by atoms with E-state index in [1.807, 2.05) is 42.5 Å². The van der Waals surface area contributed by atoms with E-state index in [1.165, 1.54) is 0 Å². The van der Waals surface area contributed by atoms with Gasteiger partial charge in [0, 0.05) is 5.56 Å². The van der Waals surface area contributed by atoms with Crippen molar-refractivity contribution in [1.82, 2.24) is 0 Å². The second-order valence-corrected chi connectivity index (χ2v) is 4.86. The molecular formula is C16H18ClNO2. The zero-order valence-electron chi connectivity index (χ0n) is 11.8. The molecule has 20 heavy (non-hydrogen) atoms. The predicted molar refractivity (Wildman–Crippen MR) is 83.0 cm³/mol. The van der Waals surface area contributed by atoms with E-state index in [9.17, 15) is 0 Å². The molecule has 0 aliphatic heterocycles. The zero-order chi connectivity index (χ0) is 14.5. The molecule has 0 aliphatic rings. The van der Waals surface area contributed by atoms with Crippen molar-refractivity contribution in [2.45, 2.75) is 13.0 Å². The molecule has 0 aromatic heterocycles. The summed E-state index contributed by atoms with van der Waals surface area (Å²) in [6.07, 6.45) is 0. The third kappa shape index (κ3) is 3.17. The highest BCUT2D eigenvalue weighted by atomic mass is 35.5.